The van der Waals surface area contributed by atoms with Gasteiger partial charge in [-0.15, -0.1) is 0 Å². The van der Waals surface area contributed by atoms with Gasteiger partial charge >= 0.3 is 0 Å². The number of benzene rings is 4. The second-order valence-corrected chi connectivity index (χ2v) is 7.26. The SMILES string of the molecule is OC1(O)c2ccccc2Cc2ccc(-c3ccccc3)c(-c3ccccc3)c21. The van der Waals surface area contributed by atoms with E-state index in [0.29, 0.717) is 17.5 Å². The van der Waals surface area contributed by atoms with E-state index in [9.17, 15) is 10.2 Å². The summed E-state index contributed by atoms with van der Waals surface area (Å²) in [5, 5.41) is 22.7. The summed E-state index contributed by atoms with van der Waals surface area (Å²) in [5.41, 5.74) is 6.95. The molecule has 0 aliphatic heterocycles. The average Bonchev–Trinajstić information content (AvgIpc) is 2.74. The molecule has 0 spiro atoms. The topological polar surface area (TPSA) is 40.5 Å². The van der Waals surface area contributed by atoms with Gasteiger partial charge in [-0.05, 0) is 39.8 Å². The van der Waals surface area contributed by atoms with Gasteiger partial charge in [-0.1, -0.05) is 97.1 Å². The molecule has 4 aromatic rings. The predicted octanol–water partition coefficient (Wildman–Crippen LogP) is 5.11. The van der Waals surface area contributed by atoms with Crippen molar-refractivity contribution in [3.63, 3.8) is 0 Å². The van der Waals surface area contributed by atoms with E-state index >= 15 is 0 Å². The van der Waals surface area contributed by atoms with E-state index in [1.54, 1.807) is 0 Å². The highest BCUT2D eigenvalue weighted by atomic mass is 16.5. The number of fused-ring (bicyclic) bond motifs is 2. The molecule has 0 saturated carbocycles. The standard InChI is InChI=1S/C26H20O2/c27-26(28)23-14-8-7-13-20(23)17-21-15-16-22(18-9-3-1-4-10-18)24(25(21)26)19-11-5-2-6-12-19/h1-16,27-28H,17H2. The molecule has 4 aromatic carbocycles. The summed E-state index contributed by atoms with van der Waals surface area (Å²) < 4.78 is 0. The molecule has 1 aliphatic carbocycles. The van der Waals surface area contributed by atoms with Crippen LogP contribution in [0.25, 0.3) is 22.3 Å². The van der Waals surface area contributed by atoms with Gasteiger partial charge in [0.25, 0.3) is 0 Å². The number of hydrogen-bond acceptors (Lipinski definition) is 2. The summed E-state index contributed by atoms with van der Waals surface area (Å²) in [6, 6.07) is 31.8. The van der Waals surface area contributed by atoms with Crippen molar-refractivity contribution >= 4 is 0 Å². The third-order valence-electron chi connectivity index (χ3n) is 5.56. The molecule has 28 heavy (non-hydrogen) atoms. The van der Waals surface area contributed by atoms with Crippen molar-refractivity contribution in [1.82, 2.24) is 0 Å². The van der Waals surface area contributed by atoms with Crippen LogP contribution in [0.1, 0.15) is 22.3 Å². The smallest absolute Gasteiger partial charge is 0.218 e. The first kappa shape index (κ1) is 16.9. The van der Waals surface area contributed by atoms with E-state index in [4.69, 9.17) is 0 Å². The summed E-state index contributed by atoms with van der Waals surface area (Å²) in [5.74, 6) is -2.04. The Balaban J connectivity index is 1.86. The molecule has 0 fully saturated rings. The maximum atomic E-state index is 11.3. The minimum absolute atomic E-state index is 0.560. The van der Waals surface area contributed by atoms with Crippen molar-refractivity contribution in [3.8, 4) is 22.3 Å². The second-order valence-electron chi connectivity index (χ2n) is 7.26. The van der Waals surface area contributed by atoms with Gasteiger partial charge in [0.2, 0.25) is 5.79 Å². The molecule has 0 heterocycles. The van der Waals surface area contributed by atoms with E-state index in [1.165, 1.54) is 0 Å². The minimum Gasteiger partial charge on any atom is -0.358 e. The fourth-order valence-corrected chi connectivity index (χ4v) is 4.31. The molecule has 1 aliphatic rings. The van der Waals surface area contributed by atoms with Gasteiger partial charge in [0.1, 0.15) is 0 Å². The van der Waals surface area contributed by atoms with Crippen LogP contribution in [0.4, 0.5) is 0 Å². The van der Waals surface area contributed by atoms with Crippen LogP contribution in [0.15, 0.2) is 97.1 Å². The highest BCUT2D eigenvalue weighted by Crippen LogP contribution is 2.46. The van der Waals surface area contributed by atoms with E-state index in [2.05, 4.69) is 18.2 Å². The highest BCUT2D eigenvalue weighted by Gasteiger charge is 2.39. The van der Waals surface area contributed by atoms with E-state index < -0.39 is 5.79 Å². The van der Waals surface area contributed by atoms with Gasteiger partial charge in [-0.2, -0.15) is 0 Å². The van der Waals surface area contributed by atoms with Gasteiger partial charge in [0.05, 0.1) is 0 Å². The lowest BCUT2D eigenvalue weighted by atomic mass is 9.76. The maximum absolute atomic E-state index is 11.3. The van der Waals surface area contributed by atoms with Crippen molar-refractivity contribution < 1.29 is 10.2 Å². The molecule has 0 bridgehead atoms. The summed E-state index contributed by atoms with van der Waals surface area (Å²) in [6.07, 6.45) is 0.684. The Morgan fingerprint density at radius 3 is 1.89 bits per heavy atom. The predicted molar refractivity (Wildman–Crippen MR) is 112 cm³/mol. The van der Waals surface area contributed by atoms with E-state index in [1.807, 2.05) is 78.9 Å². The van der Waals surface area contributed by atoms with E-state index in [-0.39, 0.29) is 0 Å². The summed E-state index contributed by atoms with van der Waals surface area (Å²) in [4.78, 5) is 0. The van der Waals surface area contributed by atoms with Crippen LogP contribution in [0, 0.1) is 0 Å². The summed E-state index contributed by atoms with van der Waals surface area (Å²) in [6.45, 7) is 0. The maximum Gasteiger partial charge on any atom is 0.218 e. The van der Waals surface area contributed by atoms with Crippen LogP contribution in [-0.4, -0.2) is 10.2 Å². The molecule has 0 saturated heterocycles. The molecule has 2 heteroatoms. The molecule has 5 rings (SSSR count). The zero-order valence-corrected chi connectivity index (χ0v) is 15.3. The molecule has 0 amide bonds. The monoisotopic (exact) mass is 364 g/mol. The molecule has 2 nitrogen and oxygen atoms in total. The molecule has 2 N–H and O–H groups in total. The second kappa shape index (κ2) is 6.45. The fraction of sp³-hybridized carbons (Fsp3) is 0.0769. The Morgan fingerprint density at radius 2 is 1.18 bits per heavy atom. The Kier molecular flexibility index (Phi) is 3.90. The zero-order chi connectivity index (χ0) is 19.1. The minimum atomic E-state index is -2.04. The van der Waals surface area contributed by atoms with Gasteiger partial charge in [0.15, 0.2) is 0 Å². The zero-order valence-electron chi connectivity index (χ0n) is 15.3. The molecule has 136 valence electrons. The normalized spacial score (nSPS) is 14.2. The van der Waals surface area contributed by atoms with Crippen LogP contribution in [0.5, 0.6) is 0 Å². The highest BCUT2D eigenvalue weighted by molar-refractivity contribution is 5.88. The van der Waals surface area contributed by atoms with Gasteiger partial charge in [-0.3, -0.25) is 0 Å². The Bertz CT molecular complexity index is 1150. The lowest BCUT2D eigenvalue weighted by Crippen LogP contribution is -2.33. The van der Waals surface area contributed by atoms with Crippen molar-refractivity contribution in [2.75, 3.05) is 0 Å². The molecule has 0 radical (unpaired) electrons. The van der Waals surface area contributed by atoms with E-state index in [0.717, 1.165) is 33.4 Å². The van der Waals surface area contributed by atoms with Crippen LogP contribution >= 0.6 is 0 Å². The first-order chi connectivity index (χ1) is 13.7. The van der Waals surface area contributed by atoms with Crippen molar-refractivity contribution in [2.45, 2.75) is 12.2 Å². The Labute approximate surface area is 164 Å². The molecular weight excluding hydrogens is 344 g/mol. The quantitative estimate of drug-likeness (QED) is 0.485. The van der Waals surface area contributed by atoms with Crippen LogP contribution in [0.3, 0.4) is 0 Å². The third kappa shape index (κ3) is 2.58. The molecule has 0 aromatic heterocycles. The molecule has 0 unspecified atom stereocenters. The van der Waals surface area contributed by atoms with Crippen molar-refractivity contribution in [3.05, 3.63) is 119 Å². The number of rotatable bonds is 2. The van der Waals surface area contributed by atoms with Crippen molar-refractivity contribution in [2.24, 2.45) is 0 Å². The average molecular weight is 364 g/mol. The van der Waals surface area contributed by atoms with Gasteiger partial charge in [-0.25, -0.2) is 0 Å². The first-order valence-corrected chi connectivity index (χ1v) is 9.46. The van der Waals surface area contributed by atoms with Crippen LogP contribution < -0.4 is 0 Å². The lowest BCUT2D eigenvalue weighted by Gasteiger charge is -2.35. The largest absolute Gasteiger partial charge is 0.358 e. The molecule has 0 atom stereocenters. The third-order valence-corrected chi connectivity index (χ3v) is 5.56. The van der Waals surface area contributed by atoms with Crippen LogP contribution in [0.2, 0.25) is 0 Å². The lowest BCUT2D eigenvalue weighted by molar-refractivity contribution is -0.134. The van der Waals surface area contributed by atoms with Gasteiger partial charge < -0.3 is 10.2 Å². The van der Waals surface area contributed by atoms with Crippen molar-refractivity contribution in [1.29, 1.82) is 0 Å². The number of hydrogen-bond donors (Lipinski definition) is 2. The fourth-order valence-electron chi connectivity index (χ4n) is 4.31. The molecular formula is C26H20O2. The Morgan fingerprint density at radius 1 is 0.571 bits per heavy atom. The number of aliphatic hydroxyl groups is 2. The Hall–Kier alpha value is -3.20. The summed E-state index contributed by atoms with van der Waals surface area (Å²) >= 11 is 0. The van der Waals surface area contributed by atoms with Gasteiger partial charge in [0, 0.05) is 11.1 Å². The van der Waals surface area contributed by atoms with Crippen LogP contribution in [-0.2, 0) is 12.2 Å². The summed E-state index contributed by atoms with van der Waals surface area (Å²) in [7, 11) is 0. The first-order valence-electron chi connectivity index (χ1n) is 9.46.